The Balaban J connectivity index is 2.18. The molecule has 0 saturated heterocycles. The third-order valence-corrected chi connectivity index (χ3v) is 3.81. The molecule has 20 heavy (non-hydrogen) atoms. The zero-order valence-electron chi connectivity index (χ0n) is 12.0. The first-order valence-electron chi connectivity index (χ1n) is 6.59. The Morgan fingerprint density at radius 3 is 2.70 bits per heavy atom. The van der Waals surface area contributed by atoms with Crippen molar-refractivity contribution in [3.05, 3.63) is 52.0 Å². The number of aromatic nitrogens is 1. The summed E-state index contributed by atoms with van der Waals surface area (Å²) in [4.78, 5) is 18.4. The fourth-order valence-corrected chi connectivity index (χ4v) is 2.60. The van der Waals surface area contributed by atoms with E-state index in [1.165, 1.54) is 0 Å². The van der Waals surface area contributed by atoms with Crippen molar-refractivity contribution in [2.24, 2.45) is 0 Å². The number of likely N-dealkylation sites (N-methyl/N-ethyl adjacent to an activating group) is 1. The third kappa shape index (κ3) is 3.33. The number of carbonyl (C=O) groups excluding carboxylic acids is 1. The van der Waals surface area contributed by atoms with Crippen LogP contribution in [0.3, 0.4) is 0 Å². The summed E-state index contributed by atoms with van der Waals surface area (Å²) in [6, 6.07) is 7.91. The van der Waals surface area contributed by atoms with E-state index in [1.807, 2.05) is 50.4 Å². The van der Waals surface area contributed by atoms with E-state index >= 15 is 0 Å². The highest BCUT2D eigenvalue weighted by molar-refractivity contribution is 7.09. The topological polar surface area (TPSA) is 33.2 Å². The number of thiazole rings is 1. The first-order chi connectivity index (χ1) is 9.61. The maximum absolute atomic E-state index is 12.3. The lowest BCUT2D eigenvalue weighted by Gasteiger charge is -2.21. The van der Waals surface area contributed by atoms with Crippen LogP contribution in [0.15, 0.2) is 35.7 Å². The van der Waals surface area contributed by atoms with Gasteiger partial charge >= 0.3 is 0 Å². The minimum atomic E-state index is -0.0209. The lowest BCUT2D eigenvalue weighted by molar-refractivity contribution is -0.114. The van der Waals surface area contributed by atoms with Crippen LogP contribution in [-0.4, -0.2) is 17.4 Å². The molecule has 0 radical (unpaired) electrons. The van der Waals surface area contributed by atoms with Gasteiger partial charge in [0.2, 0.25) is 0 Å². The molecule has 1 aromatic carbocycles. The number of aryl methyl sites for hydroxylation is 2. The maximum atomic E-state index is 12.3. The number of amides is 1. The van der Waals surface area contributed by atoms with Crippen LogP contribution >= 0.6 is 11.3 Å². The predicted octanol–water partition coefficient (Wildman–Crippen LogP) is 3.83. The van der Waals surface area contributed by atoms with E-state index in [1.54, 1.807) is 28.4 Å². The van der Waals surface area contributed by atoms with Gasteiger partial charge in [0, 0.05) is 23.7 Å². The minimum absolute atomic E-state index is 0.0209. The Bertz CT molecular complexity index is 631. The van der Waals surface area contributed by atoms with Crippen molar-refractivity contribution in [2.75, 3.05) is 11.4 Å². The molecule has 0 saturated carbocycles. The molecule has 0 fully saturated rings. The minimum Gasteiger partial charge on any atom is -0.309 e. The van der Waals surface area contributed by atoms with Crippen LogP contribution in [0.1, 0.15) is 23.2 Å². The van der Waals surface area contributed by atoms with Gasteiger partial charge in [0.1, 0.15) is 0 Å². The third-order valence-electron chi connectivity index (χ3n) is 3.02. The van der Waals surface area contributed by atoms with Gasteiger partial charge in [0.15, 0.2) is 0 Å². The van der Waals surface area contributed by atoms with Gasteiger partial charge in [-0.1, -0.05) is 18.2 Å². The normalized spacial score (nSPS) is 10.9. The molecule has 2 aromatic rings. The summed E-state index contributed by atoms with van der Waals surface area (Å²) in [5, 5.41) is 2.95. The highest BCUT2D eigenvalue weighted by Crippen LogP contribution is 2.19. The lowest BCUT2D eigenvalue weighted by atomic mass is 10.2. The largest absolute Gasteiger partial charge is 0.309 e. The SMILES string of the molecule is CCN(C(=O)C=Cc1csc(C)n1)c1ccccc1C. The first-order valence-corrected chi connectivity index (χ1v) is 7.47. The molecule has 0 aliphatic heterocycles. The molecule has 0 unspecified atom stereocenters. The smallest absolute Gasteiger partial charge is 0.251 e. The van der Waals surface area contributed by atoms with E-state index in [9.17, 15) is 4.79 Å². The van der Waals surface area contributed by atoms with Gasteiger partial charge in [0.05, 0.1) is 10.7 Å². The summed E-state index contributed by atoms with van der Waals surface area (Å²) >= 11 is 1.58. The molecule has 104 valence electrons. The van der Waals surface area contributed by atoms with Crippen molar-refractivity contribution in [2.45, 2.75) is 20.8 Å². The molecule has 1 aromatic heterocycles. The standard InChI is InChI=1S/C16H18N2OS/c1-4-18(15-8-6-5-7-12(15)2)16(19)10-9-14-11-20-13(3)17-14/h5-11H,4H2,1-3H3. The van der Waals surface area contributed by atoms with Gasteiger partial charge in [-0.05, 0) is 38.5 Å². The summed E-state index contributed by atoms with van der Waals surface area (Å²) < 4.78 is 0. The number of benzene rings is 1. The average molecular weight is 286 g/mol. The summed E-state index contributed by atoms with van der Waals surface area (Å²) in [6.07, 6.45) is 3.36. The number of carbonyl (C=O) groups is 1. The van der Waals surface area contributed by atoms with Gasteiger partial charge in [-0.2, -0.15) is 0 Å². The lowest BCUT2D eigenvalue weighted by Crippen LogP contribution is -2.29. The number of anilines is 1. The van der Waals surface area contributed by atoms with Crippen LogP contribution in [-0.2, 0) is 4.79 Å². The van der Waals surface area contributed by atoms with Gasteiger partial charge in [-0.3, -0.25) is 4.79 Å². The molecule has 0 spiro atoms. The van der Waals surface area contributed by atoms with Crippen molar-refractivity contribution in [1.82, 2.24) is 4.98 Å². The van der Waals surface area contributed by atoms with Crippen LogP contribution in [0.2, 0.25) is 0 Å². The van der Waals surface area contributed by atoms with E-state index in [0.29, 0.717) is 6.54 Å². The summed E-state index contributed by atoms with van der Waals surface area (Å²) in [7, 11) is 0. The van der Waals surface area contributed by atoms with Crippen molar-refractivity contribution < 1.29 is 4.79 Å². The molecule has 0 atom stereocenters. The Morgan fingerprint density at radius 2 is 2.10 bits per heavy atom. The van der Waals surface area contributed by atoms with Crippen molar-refractivity contribution in [3.63, 3.8) is 0 Å². The Hall–Kier alpha value is -1.94. The van der Waals surface area contributed by atoms with E-state index in [4.69, 9.17) is 0 Å². The van der Waals surface area contributed by atoms with Crippen LogP contribution < -0.4 is 4.90 Å². The molecule has 0 bridgehead atoms. The van der Waals surface area contributed by atoms with Crippen molar-refractivity contribution in [3.8, 4) is 0 Å². The van der Waals surface area contributed by atoms with Crippen molar-refractivity contribution in [1.29, 1.82) is 0 Å². The monoisotopic (exact) mass is 286 g/mol. The zero-order valence-corrected chi connectivity index (χ0v) is 12.8. The van der Waals surface area contributed by atoms with Crippen molar-refractivity contribution >= 4 is 29.0 Å². The van der Waals surface area contributed by atoms with E-state index < -0.39 is 0 Å². The number of rotatable bonds is 4. The average Bonchev–Trinajstić information content (AvgIpc) is 2.85. The van der Waals surface area contributed by atoms with Gasteiger partial charge < -0.3 is 4.90 Å². The maximum Gasteiger partial charge on any atom is 0.251 e. The molecular weight excluding hydrogens is 268 g/mol. The molecule has 0 N–H and O–H groups in total. The second kappa shape index (κ2) is 6.48. The van der Waals surface area contributed by atoms with Crippen LogP contribution in [0.25, 0.3) is 6.08 Å². The zero-order chi connectivity index (χ0) is 14.5. The molecule has 4 heteroatoms. The molecule has 1 amide bonds. The number of para-hydroxylation sites is 1. The van der Waals surface area contributed by atoms with Gasteiger partial charge in [-0.25, -0.2) is 4.98 Å². The Labute approximate surface area is 123 Å². The fraction of sp³-hybridized carbons (Fsp3) is 0.250. The molecule has 0 aliphatic rings. The first kappa shape index (κ1) is 14.5. The fourth-order valence-electron chi connectivity index (χ4n) is 2.01. The Kier molecular flexibility index (Phi) is 4.69. The van der Waals surface area contributed by atoms with Crippen LogP contribution in [0.4, 0.5) is 5.69 Å². The highest BCUT2D eigenvalue weighted by Gasteiger charge is 2.12. The number of hydrogen-bond donors (Lipinski definition) is 0. The number of hydrogen-bond acceptors (Lipinski definition) is 3. The summed E-state index contributed by atoms with van der Waals surface area (Å²) in [5.74, 6) is -0.0209. The Morgan fingerprint density at radius 1 is 1.35 bits per heavy atom. The molecule has 3 nitrogen and oxygen atoms in total. The highest BCUT2D eigenvalue weighted by atomic mass is 32.1. The number of nitrogens with zero attached hydrogens (tertiary/aromatic N) is 2. The second-order valence-corrected chi connectivity index (χ2v) is 5.56. The van der Waals surface area contributed by atoms with Crippen LogP contribution in [0, 0.1) is 13.8 Å². The van der Waals surface area contributed by atoms with E-state index in [2.05, 4.69) is 4.98 Å². The molecular formula is C16H18N2OS. The second-order valence-electron chi connectivity index (χ2n) is 4.49. The molecule has 2 rings (SSSR count). The van der Waals surface area contributed by atoms with Crippen LogP contribution in [0.5, 0.6) is 0 Å². The molecule has 0 aliphatic carbocycles. The quantitative estimate of drug-likeness (QED) is 0.800. The van der Waals surface area contributed by atoms with Gasteiger partial charge in [-0.15, -0.1) is 11.3 Å². The van der Waals surface area contributed by atoms with E-state index in [-0.39, 0.29) is 5.91 Å². The molecule has 1 heterocycles. The summed E-state index contributed by atoms with van der Waals surface area (Å²) in [5.41, 5.74) is 2.89. The van der Waals surface area contributed by atoms with E-state index in [0.717, 1.165) is 22.0 Å². The van der Waals surface area contributed by atoms with Gasteiger partial charge in [0.25, 0.3) is 5.91 Å². The predicted molar refractivity (Wildman–Crippen MR) is 85.1 cm³/mol. The summed E-state index contributed by atoms with van der Waals surface area (Å²) in [6.45, 7) is 6.59.